The van der Waals surface area contributed by atoms with E-state index in [-0.39, 0.29) is 17.6 Å². The Morgan fingerprint density at radius 3 is 2.56 bits per heavy atom. The molecule has 0 spiro atoms. The Bertz CT molecular complexity index is 805. The number of hydrogen-bond donors (Lipinski definition) is 1. The molecule has 27 heavy (non-hydrogen) atoms. The maximum absolute atomic E-state index is 12.7. The molecule has 0 radical (unpaired) electrons. The van der Waals surface area contributed by atoms with Crippen LogP contribution < -0.4 is 5.32 Å². The Kier molecular flexibility index (Phi) is 5.63. The molecule has 3 atom stereocenters. The van der Waals surface area contributed by atoms with Crippen molar-refractivity contribution in [2.24, 2.45) is 17.8 Å². The zero-order valence-corrected chi connectivity index (χ0v) is 17.8. The minimum atomic E-state index is -3.35. The lowest BCUT2D eigenvalue weighted by Gasteiger charge is -2.32. The predicted octanol–water partition coefficient (Wildman–Crippen LogP) is 3.30. The maximum atomic E-state index is 12.7. The van der Waals surface area contributed by atoms with Gasteiger partial charge in [-0.3, -0.25) is 4.79 Å². The second kappa shape index (κ2) is 7.84. The van der Waals surface area contributed by atoms with E-state index < -0.39 is 10.0 Å². The van der Waals surface area contributed by atoms with E-state index in [2.05, 4.69) is 21.2 Å². The van der Waals surface area contributed by atoms with Crippen molar-refractivity contribution in [1.82, 2.24) is 9.62 Å². The van der Waals surface area contributed by atoms with Crippen LogP contribution in [0.15, 0.2) is 28.7 Å². The molecule has 1 aromatic rings. The van der Waals surface area contributed by atoms with E-state index in [4.69, 9.17) is 0 Å². The zero-order valence-electron chi connectivity index (χ0n) is 15.4. The summed E-state index contributed by atoms with van der Waals surface area (Å²) in [5.74, 6) is 1.57. The van der Waals surface area contributed by atoms with Crippen molar-refractivity contribution in [3.8, 4) is 0 Å². The third-order valence-electron chi connectivity index (χ3n) is 6.52. The molecule has 1 aromatic carbocycles. The van der Waals surface area contributed by atoms with Crippen molar-refractivity contribution in [2.75, 3.05) is 13.1 Å². The van der Waals surface area contributed by atoms with Crippen molar-refractivity contribution in [3.05, 3.63) is 34.3 Å². The van der Waals surface area contributed by atoms with Crippen molar-refractivity contribution in [3.63, 3.8) is 0 Å². The summed E-state index contributed by atoms with van der Waals surface area (Å²) in [6.45, 7) is 0.871. The average molecular weight is 455 g/mol. The van der Waals surface area contributed by atoms with Crippen molar-refractivity contribution in [1.29, 1.82) is 0 Å². The van der Waals surface area contributed by atoms with Gasteiger partial charge in [0, 0.05) is 29.5 Å². The van der Waals surface area contributed by atoms with Crippen LogP contribution in [-0.4, -0.2) is 37.8 Å². The third-order valence-corrected chi connectivity index (χ3v) is 8.87. The summed E-state index contributed by atoms with van der Waals surface area (Å²) in [5.41, 5.74) is 0.778. The van der Waals surface area contributed by atoms with Gasteiger partial charge in [0.25, 0.3) is 0 Å². The Hall–Kier alpha value is -0.920. The van der Waals surface area contributed by atoms with Crippen LogP contribution >= 0.6 is 15.9 Å². The second-order valence-corrected chi connectivity index (χ2v) is 11.2. The summed E-state index contributed by atoms with van der Waals surface area (Å²) < 4.78 is 27.9. The lowest BCUT2D eigenvalue weighted by atomic mass is 9.93. The van der Waals surface area contributed by atoms with E-state index >= 15 is 0 Å². The number of sulfonamides is 1. The zero-order chi connectivity index (χ0) is 19.0. The lowest BCUT2D eigenvalue weighted by Crippen LogP contribution is -2.46. The largest absolute Gasteiger partial charge is 0.353 e. The van der Waals surface area contributed by atoms with Gasteiger partial charge in [-0.05, 0) is 61.6 Å². The molecule has 4 rings (SSSR count). The quantitative estimate of drug-likeness (QED) is 0.741. The van der Waals surface area contributed by atoms with E-state index in [1.807, 2.05) is 24.3 Å². The van der Waals surface area contributed by atoms with Crippen LogP contribution in [0.2, 0.25) is 0 Å². The van der Waals surface area contributed by atoms with Crippen LogP contribution in [0.1, 0.15) is 44.1 Å². The maximum Gasteiger partial charge on any atom is 0.223 e. The Morgan fingerprint density at radius 2 is 1.93 bits per heavy atom. The number of hydrogen-bond acceptors (Lipinski definition) is 3. The number of amides is 1. The van der Waals surface area contributed by atoms with Gasteiger partial charge >= 0.3 is 0 Å². The van der Waals surface area contributed by atoms with Crippen LogP contribution in [-0.2, 0) is 20.6 Å². The van der Waals surface area contributed by atoms with Gasteiger partial charge < -0.3 is 5.32 Å². The SMILES string of the molecule is O=C(NC1CC2CCC1C2)C1CCN(S(=O)(=O)Cc2cccc(Br)c2)CC1. The predicted molar refractivity (Wildman–Crippen MR) is 108 cm³/mol. The van der Waals surface area contributed by atoms with Gasteiger partial charge in [-0.1, -0.05) is 34.5 Å². The number of nitrogens with one attached hydrogen (secondary N) is 1. The standard InChI is InChI=1S/C20H27BrN2O3S/c21-18-3-1-2-15(11-18)13-27(25,26)23-8-6-16(7-9-23)20(24)22-19-12-14-4-5-17(19)10-14/h1-3,11,14,16-17,19H,4-10,12-13H2,(H,22,24). The monoisotopic (exact) mass is 454 g/mol. The number of piperidine rings is 1. The number of nitrogens with zero attached hydrogens (tertiary/aromatic N) is 1. The molecule has 2 saturated carbocycles. The Morgan fingerprint density at radius 1 is 1.15 bits per heavy atom. The van der Waals surface area contributed by atoms with E-state index in [0.717, 1.165) is 22.4 Å². The summed E-state index contributed by atoms with van der Waals surface area (Å²) in [7, 11) is -3.35. The number of fused-ring (bicyclic) bond motifs is 2. The fourth-order valence-electron chi connectivity index (χ4n) is 5.05. The summed E-state index contributed by atoms with van der Waals surface area (Å²) >= 11 is 3.38. The lowest BCUT2D eigenvalue weighted by molar-refractivity contribution is -0.127. The molecule has 2 bridgehead atoms. The van der Waals surface area contributed by atoms with Crippen LogP contribution in [0.5, 0.6) is 0 Å². The normalized spacial score (nSPS) is 29.1. The van der Waals surface area contributed by atoms with Crippen LogP contribution in [0.25, 0.3) is 0 Å². The van der Waals surface area contributed by atoms with Gasteiger partial charge in [-0.15, -0.1) is 0 Å². The van der Waals surface area contributed by atoms with Crippen molar-refractivity contribution < 1.29 is 13.2 Å². The molecule has 2 aliphatic carbocycles. The smallest absolute Gasteiger partial charge is 0.223 e. The number of carbonyl (C=O) groups is 1. The van der Waals surface area contributed by atoms with Crippen LogP contribution in [0.4, 0.5) is 0 Å². The molecular formula is C20H27BrN2O3S. The van der Waals surface area contributed by atoms with Gasteiger partial charge in [-0.25, -0.2) is 12.7 Å². The Labute approximate surface area is 170 Å². The fraction of sp³-hybridized carbons (Fsp3) is 0.650. The molecule has 3 aliphatic rings. The highest BCUT2D eigenvalue weighted by atomic mass is 79.9. The fourth-order valence-corrected chi connectivity index (χ4v) is 7.04. The molecule has 5 nitrogen and oxygen atoms in total. The van der Waals surface area contributed by atoms with Crippen molar-refractivity contribution in [2.45, 2.75) is 50.3 Å². The number of carbonyl (C=O) groups excluding carboxylic acids is 1. The molecular weight excluding hydrogens is 428 g/mol. The molecule has 7 heteroatoms. The van der Waals surface area contributed by atoms with Gasteiger partial charge in [-0.2, -0.15) is 0 Å². The minimum absolute atomic E-state index is 0.00838. The van der Waals surface area contributed by atoms with E-state index in [0.29, 0.717) is 37.9 Å². The first kappa shape index (κ1) is 19.4. The molecule has 0 aromatic heterocycles. The van der Waals surface area contributed by atoms with E-state index in [9.17, 15) is 13.2 Å². The molecule has 148 valence electrons. The number of benzene rings is 1. The first-order valence-corrected chi connectivity index (χ1v) is 12.3. The van der Waals surface area contributed by atoms with Gasteiger partial charge in [0.15, 0.2) is 0 Å². The number of halogens is 1. The van der Waals surface area contributed by atoms with E-state index in [1.54, 1.807) is 4.31 Å². The van der Waals surface area contributed by atoms with Crippen molar-refractivity contribution >= 4 is 31.9 Å². The first-order valence-electron chi connectivity index (χ1n) is 9.93. The Balaban J connectivity index is 1.29. The summed E-state index contributed by atoms with van der Waals surface area (Å²) in [6.07, 6.45) is 6.22. The second-order valence-electron chi connectivity index (χ2n) is 8.35. The average Bonchev–Trinajstić information content (AvgIpc) is 3.24. The molecule has 1 amide bonds. The molecule has 3 fully saturated rings. The molecule has 3 unspecified atom stereocenters. The number of rotatable bonds is 5. The topological polar surface area (TPSA) is 66.5 Å². The van der Waals surface area contributed by atoms with Gasteiger partial charge in [0.05, 0.1) is 5.75 Å². The van der Waals surface area contributed by atoms with Crippen LogP contribution in [0, 0.1) is 17.8 Å². The van der Waals surface area contributed by atoms with Crippen LogP contribution in [0.3, 0.4) is 0 Å². The molecule has 1 saturated heterocycles. The molecule has 1 aliphatic heterocycles. The highest BCUT2D eigenvalue weighted by molar-refractivity contribution is 9.10. The van der Waals surface area contributed by atoms with E-state index in [1.165, 1.54) is 19.3 Å². The molecule has 1 heterocycles. The minimum Gasteiger partial charge on any atom is -0.353 e. The first-order chi connectivity index (χ1) is 12.9. The highest BCUT2D eigenvalue weighted by Crippen LogP contribution is 2.44. The summed E-state index contributed by atoms with van der Waals surface area (Å²) in [4.78, 5) is 12.6. The summed E-state index contributed by atoms with van der Waals surface area (Å²) in [6, 6.07) is 7.76. The highest BCUT2D eigenvalue weighted by Gasteiger charge is 2.41. The van der Waals surface area contributed by atoms with Gasteiger partial charge in [0.1, 0.15) is 0 Å². The molecule has 1 N–H and O–H groups in total. The van der Waals surface area contributed by atoms with Gasteiger partial charge in [0.2, 0.25) is 15.9 Å². The summed E-state index contributed by atoms with van der Waals surface area (Å²) in [5, 5.41) is 3.27. The third kappa shape index (κ3) is 4.40.